The van der Waals surface area contributed by atoms with E-state index >= 15 is 0 Å². The second kappa shape index (κ2) is 6.63. The lowest BCUT2D eigenvalue weighted by atomic mass is 10.1. The van der Waals surface area contributed by atoms with Crippen LogP contribution in [0.2, 0.25) is 5.02 Å². The molecule has 2 rings (SSSR count). The molecule has 0 spiro atoms. The van der Waals surface area contributed by atoms with Crippen molar-refractivity contribution in [1.29, 1.82) is 0 Å². The molecule has 0 bridgehead atoms. The Kier molecular flexibility index (Phi) is 4.85. The fourth-order valence-corrected chi connectivity index (χ4v) is 2.19. The van der Waals surface area contributed by atoms with E-state index < -0.39 is 0 Å². The van der Waals surface area contributed by atoms with Gasteiger partial charge in [-0.2, -0.15) is 5.10 Å². The third kappa shape index (κ3) is 3.55. The number of carbonyl (C=O) groups is 1. The summed E-state index contributed by atoms with van der Waals surface area (Å²) in [4.78, 5) is 12.2. The zero-order valence-electron chi connectivity index (χ0n) is 12.3. The normalized spacial score (nSPS) is 12.0. The van der Waals surface area contributed by atoms with Crippen molar-refractivity contribution in [1.82, 2.24) is 15.1 Å². The van der Waals surface area contributed by atoms with Crippen molar-refractivity contribution < 1.29 is 9.53 Å². The number of nitrogens with one attached hydrogen (secondary N) is 1. The Bertz CT molecular complexity index is 622. The molecular weight excluding hydrogens is 290 g/mol. The van der Waals surface area contributed by atoms with Crippen LogP contribution in [-0.4, -0.2) is 22.8 Å². The number of halogens is 1. The zero-order chi connectivity index (χ0) is 15.4. The van der Waals surface area contributed by atoms with Gasteiger partial charge < -0.3 is 10.1 Å². The van der Waals surface area contributed by atoms with Crippen LogP contribution in [0.5, 0.6) is 5.75 Å². The van der Waals surface area contributed by atoms with E-state index in [0.29, 0.717) is 11.6 Å². The summed E-state index contributed by atoms with van der Waals surface area (Å²) >= 11 is 6.03. The first kappa shape index (κ1) is 15.4. The summed E-state index contributed by atoms with van der Waals surface area (Å²) in [6.07, 6.45) is 1.65. The molecule has 2 aromatic rings. The Labute approximate surface area is 128 Å². The summed E-state index contributed by atoms with van der Waals surface area (Å²) in [5.41, 5.74) is 1.23. The monoisotopic (exact) mass is 307 g/mol. The summed E-state index contributed by atoms with van der Waals surface area (Å²) < 4.78 is 6.75. The number of hydrogen-bond acceptors (Lipinski definition) is 3. The van der Waals surface area contributed by atoms with E-state index in [9.17, 15) is 4.79 Å². The van der Waals surface area contributed by atoms with E-state index in [0.717, 1.165) is 11.3 Å². The fourth-order valence-electron chi connectivity index (χ4n) is 1.95. The molecule has 1 unspecified atom stereocenters. The van der Waals surface area contributed by atoms with Crippen molar-refractivity contribution in [3.05, 3.63) is 46.7 Å². The third-order valence-electron chi connectivity index (χ3n) is 3.22. The molecule has 5 nitrogen and oxygen atoms in total. The van der Waals surface area contributed by atoms with Crippen LogP contribution in [-0.2, 0) is 6.54 Å². The van der Waals surface area contributed by atoms with Gasteiger partial charge in [0, 0.05) is 12.7 Å². The molecule has 0 fully saturated rings. The molecule has 1 atom stereocenters. The molecule has 1 amide bonds. The average molecular weight is 308 g/mol. The molecule has 0 saturated carbocycles. The molecule has 0 aliphatic heterocycles. The number of carbonyl (C=O) groups excluding carboxylic acids is 1. The smallest absolute Gasteiger partial charge is 0.273 e. The Morgan fingerprint density at radius 2 is 2.10 bits per heavy atom. The van der Waals surface area contributed by atoms with Crippen LogP contribution in [0.25, 0.3) is 0 Å². The second-order valence-corrected chi connectivity index (χ2v) is 5.06. The molecule has 1 heterocycles. The number of aromatic nitrogens is 2. The summed E-state index contributed by atoms with van der Waals surface area (Å²) in [7, 11) is 1.62. The van der Waals surface area contributed by atoms with E-state index in [1.54, 1.807) is 18.0 Å². The maximum Gasteiger partial charge on any atom is 0.273 e. The predicted molar refractivity (Wildman–Crippen MR) is 81.8 cm³/mol. The lowest BCUT2D eigenvalue weighted by molar-refractivity contribution is 0.0934. The highest BCUT2D eigenvalue weighted by Gasteiger charge is 2.17. The largest absolute Gasteiger partial charge is 0.497 e. The lowest BCUT2D eigenvalue weighted by Gasteiger charge is -2.14. The van der Waals surface area contributed by atoms with Crippen molar-refractivity contribution in [3.8, 4) is 5.75 Å². The number of aryl methyl sites for hydroxylation is 1. The van der Waals surface area contributed by atoms with Crippen LogP contribution >= 0.6 is 11.6 Å². The standard InChI is InChI=1S/C15H18ClN3O2/c1-4-19-9-13(16)14(18-19)15(20)17-10(2)11-5-7-12(21-3)8-6-11/h5-10H,4H2,1-3H3,(H,17,20). The van der Waals surface area contributed by atoms with Crippen molar-refractivity contribution in [2.24, 2.45) is 0 Å². The number of methoxy groups -OCH3 is 1. The Balaban J connectivity index is 2.08. The summed E-state index contributed by atoms with van der Waals surface area (Å²) in [5.74, 6) is 0.498. The van der Waals surface area contributed by atoms with E-state index in [4.69, 9.17) is 16.3 Å². The first-order chi connectivity index (χ1) is 10.0. The van der Waals surface area contributed by atoms with Crippen LogP contribution in [0.4, 0.5) is 0 Å². The average Bonchev–Trinajstić information content (AvgIpc) is 2.88. The molecule has 0 aliphatic rings. The molecule has 0 saturated heterocycles. The van der Waals surface area contributed by atoms with Crippen molar-refractivity contribution in [2.75, 3.05) is 7.11 Å². The second-order valence-electron chi connectivity index (χ2n) is 4.65. The van der Waals surface area contributed by atoms with E-state index in [-0.39, 0.29) is 17.6 Å². The van der Waals surface area contributed by atoms with Crippen LogP contribution in [0, 0.1) is 0 Å². The van der Waals surface area contributed by atoms with Gasteiger partial charge in [0.15, 0.2) is 5.69 Å². The number of ether oxygens (including phenoxy) is 1. The van der Waals surface area contributed by atoms with Crippen LogP contribution < -0.4 is 10.1 Å². The molecule has 1 aromatic heterocycles. The van der Waals surface area contributed by atoms with Crippen molar-refractivity contribution in [3.63, 3.8) is 0 Å². The van der Waals surface area contributed by atoms with Gasteiger partial charge in [-0.3, -0.25) is 9.48 Å². The molecule has 0 radical (unpaired) electrons. The third-order valence-corrected chi connectivity index (χ3v) is 3.50. The van der Waals surface area contributed by atoms with Gasteiger partial charge in [0.05, 0.1) is 18.2 Å². The van der Waals surface area contributed by atoms with Gasteiger partial charge in [-0.05, 0) is 31.5 Å². The van der Waals surface area contributed by atoms with Gasteiger partial charge in [-0.1, -0.05) is 23.7 Å². The van der Waals surface area contributed by atoms with Gasteiger partial charge in [-0.15, -0.1) is 0 Å². The van der Waals surface area contributed by atoms with E-state index in [1.807, 2.05) is 38.1 Å². The maximum absolute atomic E-state index is 12.2. The highest BCUT2D eigenvalue weighted by molar-refractivity contribution is 6.33. The SMILES string of the molecule is CCn1cc(Cl)c(C(=O)NC(C)c2ccc(OC)cc2)n1. The van der Waals surface area contributed by atoms with Gasteiger partial charge >= 0.3 is 0 Å². The maximum atomic E-state index is 12.2. The highest BCUT2D eigenvalue weighted by Crippen LogP contribution is 2.19. The molecule has 1 N–H and O–H groups in total. The van der Waals surface area contributed by atoms with Gasteiger partial charge in [0.2, 0.25) is 0 Å². The first-order valence-corrected chi connectivity index (χ1v) is 7.10. The number of amides is 1. The van der Waals surface area contributed by atoms with E-state index in [1.165, 1.54) is 0 Å². The number of rotatable bonds is 5. The zero-order valence-corrected chi connectivity index (χ0v) is 13.0. The number of nitrogens with zero attached hydrogens (tertiary/aromatic N) is 2. The molecule has 6 heteroatoms. The number of benzene rings is 1. The molecule has 21 heavy (non-hydrogen) atoms. The lowest BCUT2D eigenvalue weighted by Crippen LogP contribution is -2.27. The Morgan fingerprint density at radius 3 is 2.62 bits per heavy atom. The summed E-state index contributed by atoms with van der Waals surface area (Å²) in [6, 6.07) is 7.39. The van der Waals surface area contributed by atoms with Crippen LogP contribution in [0.1, 0.15) is 35.9 Å². The molecular formula is C15H18ClN3O2. The molecule has 112 valence electrons. The summed E-state index contributed by atoms with van der Waals surface area (Å²) in [5, 5.41) is 7.40. The fraction of sp³-hybridized carbons (Fsp3) is 0.333. The van der Waals surface area contributed by atoms with Crippen LogP contribution in [0.3, 0.4) is 0 Å². The minimum atomic E-state index is -0.282. The summed E-state index contributed by atoms with van der Waals surface area (Å²) in [6.45, 7) is 4.51. The Hall–Kier alpha value is -2.01. The molecule has 0 aliphatic carbocycles. The Morgan fingerprint density at radius 1 is 1.43 bits per heavy atom. The number of hydrogen-bond donors (Lipinski definition) is 1. The van der Waals surface area contributed by atoms with Crippen molar-refractivity contribution in [2.45, 2.75) is 26.4 Å². The van der Waals surface area contributed by atoms with Crippen LogP contribution in [0.15, 0.2) is 30.5 Å². The topological polar surface area (TPSA) is 56.2 Å². The van der Waals surface area contributed by atoms with Gasteiger partial charge in [0.1, 0.15) is 5.75 Å². The van der Waals surface area contributed by atoms with E-state index in [2.05, 4.69) is 10.4 Å². The molecule has 1 aromatic carbocycles. The highest BCUT2D eigenvalue weighted by atomic mass is 35.5. The first-order valence-electron chi connectivity index (χ1n) is 6.73. The van der Waals surface area contributed by atoms with Crippen molar-refractivity contribution >= 4 is 17.5 Å². The minimum absolute atomic E-state index is 0.147. The quantitative estimate of drug-likeness (QED) is 0.923. The predicted octanol–water partition coefficient (Wildman–Crippen LogP) is 3.06. The minimum Gasteiger partial charge on any atom is -0.497 e. The van der Waals surface area contributed by atoms with Gasteiger partial charge in [0.25, 0.3) is 5.91 Å². The van der Waals surface area contributed by atoms with Gasteiger partial charge in [-0.25, -0.2) is 0 Å².